The molecule has 21 heavy (non-hydrogen) atoms. The van der Waals surface area contributed by atoms with E-state index in [1.54, 1.807) is 0 Å². The second kappa shape index (κ2) is 9.53. The lowest BCUT2D eigenvalue weighted by molar-refractivity contribution is -0.137. The summed E-state index contributed by atoms with van der Waals surface area (Å²) in [6, 6.07) is 8.29. The molecule has 0 saturated heterocycles. The van der Waals surface area contributed by atoms with Crippen molar-refractivity contribution < 1.29 is 9.90 Å². The van der Waals surface area contributed by atoms with E-state index in [1.807, 2.05) is 0 Å². The molecule has 0 bridgehead atoms. The summed E-state index contributed by atoms with van der Waals surface area (Å²) < 4.78 is 0. The van der Waals surface area contributed by atoms with Crippen molar-refractivity contribution >= 4 is 5.97 Å². The van der Waals surface area contributed by atoms with E-state index in [0.29, 0.717) is 0 Å². The Morgan fingerprint density at radius 1 is 1.24 bits per heavy atom. The van der Waals surface area contributed by atoms with E-state index in [1.165, 1.54) is 11.1 Å². The molecule has 0 radical (unpaired) electrons. The molecular weight excluding hydrogens is 264 g/mol. The summed E-state index contributed by atoms with van der Waals surface area (Å²) in [5, 5.41) is 12.4. The largest absolute Gasteiger partial charge is 0.481 e. The van der Waals surface area contributed by atoms with Gasteiger partial charge in [-0.2, -0.15) is 0 Å². The molecule has 0 aliphatic heterocycles. The Bertz CT molecular complexity index is 413. The quantitative estimate of drug-likeness (QED) is 0.695. The number of carboxylic acids is 1. The van der Waals surface area contributed by atoms with Gasteiger partial charge < -0.3 is 15.3 Å². The van der Waals surface area contributed by atoms with E-state index in [9.17, 15) is 4.79 Å². The highest BCUT2D eigenvalue weighted by Gasteiger charge is 2.13. The minimum atomic E-state index is -0.748. The lowest BCUT2D eigenvalue weighted by Gasteiger charge is -2.22. The van der Waals surface area contributed by atoms with E-state index < -0.39 is 5.97 Å². The van der Waals surface area contributed by atoms with Crippen molar-refractivity contribution in [2.24, 2.45) is 0 Å². The number of hydrogen-bond acceptors (Lipinski definition) is 3. The molecule has 1 atom stereocenters. The average molecular weight is 292 g/mol. The Morgan fingerprint density at radius 2 is 1.86 bits per heavy atom. The molecule has 1 rings (SSSR count). The fourth-order valence-electron chi connectivity index (χ4n) is 2.40. The fraction of sp³-hybridized carbons (Fsp3) is 0.588. The van der Waals surface area contributed by atoms with Crippen molar-refractivity contribution in [3.63, 3.8) is 0 Å². The van der Waals surface area contributed by atoms with Crippen molar-refractivity contribution in [1.29, 1.82) is 0 Å². The van der Waals surface area contributed by atoms with Crippen LogP contribution in [0.25, 0.3) is 0 Å². The molecule has 0 aromatic heterocycles. The first-order valence-electron chi connectivity index (χ1n) is 7.78. The van der Waals surface area contributed by atoms with Gasteiger partial charge in [-0.05, 0) is 32.0 Å². The molecule has 1 aromatic rings. The highest BCUT2D eigenvalue weighted by Crippen LogP contribution is 2.08. The van der Waals surface area contributed by atoms with Crippen LogP contribution in [0.1, 0.15) is 31.4 Å². The maximum atomic E-state index is 11.0. The SMILES string of the molecule is CCN(CC)CCNC(CC(=O)O)Cc1ccc(C)cc1. The molecule has 0 spiro atoms. The second-order valence-electron chi connectivity index (χ2n) is 5.47. The minimum absolute atomic E-state index is 0.0132. The van der Waals surface area contributed by atoms with E-state index in [-0.39, 0.29) is 12.5 Å². The van der Waals surface area contributed by atoms with Crippen LogP contribution in [0.15, 0.2) is 24.3 Å². The molecule has 0 amide bonds. The van der Waals surface area contributed by atoms with Gasteiger partial charge in [0.25, 0.3) is 0 Å². The smallest absolute Gasteiger partial charge is 0.304 e. The summed E-state index contributed by atoms with van der Waals surface area (Å²) in [6.07, 6.45) is 0.914. The standard InChI is InChI=1S/C17H28N2O2/c1-4-19(5-2)11-10-18-16(13-17(20)21)12-15-8-6-14(3)7-9-15/h6-9,16,18H,4-5,10-13H2,1-3H3,(H,20,21). The van der Waals surface area contributed by atoms with Crippen LogP contribution >= 0.6 is 0 Å². The molecule has 118 valence electrons. The zero-order valence-electron chi connectivity index (χ0n) is 13.4. The Balaban J connectivity index is 2.51. The highest BCUT2D eigenvalue weighted by molar-refractivity contribution is 5.67. The van der Waals surface area contributed by atoms with Crippen molar-refractivity contribution in [3.8, 4) is 0 Å². The highest BCUT2D eigenvalue weighted by atomic mass is 16.4. The topological polar surface area (TPSA) is 52.6 Å². The van der Waals surface area contributed by atoms with Gasteiger partial charge in [0.05, 0.1) is 6.42 Å². The molecule has 0 aliphatic rings. The molecular formula is C17H28N2O2. The Hall–Kier alpha value is -1.39. The number of carbonyl (C=O) groups is 1. The third kappa shape index (κ3) is 7.25. The molecule has 1 aromatic carbocycles. The zero-order chi connectivity index (χ0) is 15.7. The monoisotopic (exact) mass is 292 g/mol. The van der Waals surface area contributed by atoms with Gasteiger partial charge in [-0.3, -0.25) is 4.79 Å². The van der Waals surface area contributed by atoms with Gasteiger partial charge in [0.1, 0.15) is 0 Å². The predicted molar refractivity (Wildman–Crippen MR) is 86.7 cm³/mol. The normalized spacial score (nSPS) is 12.6. The average Bonchev–Trinajstić information content (AvgIpc) is 2.45. The van der Waals surface area contributed by atoms with Gasteiger partial charge in [0, 0.05) is 19.1 Å². The van der Waals surface area contributed by atoms with Gasteiger partial charge in [0.2, 0.25) is 0 Å². The molecule has 0 aliphatic carbocycles. The molecule has 0 fully saturated rings. The zero-order valence-corrected chi connectivity index (χ0v) is 13.4. The van der Waals surface area contributed by atoms with Gasteiger partial charge in [-0.25, -0.2) is 0 Å². The van der Waals surface area contributed by atoms with Crippen molar-refractivity contribution in [2.75, 3.05) is 26.2 Å². The first-order chi connectivity index (χ1) is 10.0. The first-order valence-corrected chi connectivity index (χ1v) is 7.78. The molecule has 1 unspecified atom stereocenters. The predicted octanol–water partition coefficient (Wildman–Crippen LogP) is 2.31. The number of rotatable bonds is 10. The third-order valence-corrected chi connectivity index (χ3v) is 3.78. The van der Waals surface area contributed by atoms with Crippen LogP contribution in [0.2, 0.25) is 0 Å². The summed E-state index contributed by atoms with van der Waals surface area (Å²) >= 11 is 0. The fourth-order valence-corrected chi connectivity index (χ4v) is 2.40. The van der Waals surface area contributed by atoms with Gasteiger partial charge in [0.15, 0.2) is 0 Å². The van der Waals surface area contributed by atoms with Crippen LogP contribution in [0.5, 0.6) is 0 Å². The van der Waals surface area contributed by atoms with Crippen LogP contribution in [0.4, 0.5) is 0 Å². The molecule has 4 heteroatoms. The van der Waals surface area contributed by atoms with Crippen LogP contribution in [-0.4, -0.2) is 48.2 Å². The number of nitrogens with one attached hydrogen (secondary N) is 1. The Labute approximate surface area is 128 Å². The van der Waals surface area contributed by atoms with E-state index in [2.05, 4.69) is 55.3 Å². The molecule has 0 heterocycles. The van der Waals surface area contributed by atoms with Crippen LogP contribution in [0.3, 0.4) is 0 Å². The second-order valence-corrected chi connectivity index (χ2v) is 5.47. The number of likely N-dealkylation sites (N-methyl/N-ethyl adjacent to an activating group) is 1. The van der Waals surface area contributed by atoms with Crippen molar-refractivity contribution in [3.05, 3.63) is 35.4 Å². The van der Waals surface area contributed by atoms with E-state index in [4.69, 9.17) is 5.11 Å². The minimum Gasteiger partial charge on any atom is -0.481 e. The summed E-state index contributed by atoms with van der Waals surface area (Å²) in [6.45, 7) is 10.2. The number of carboxylic acid groups (broad SMARTS) is 1. The maximum absolute atomic E-state index is 11.0. The van der Waals surface area contributed by atoms with Crippen molar-refractivity contribution in [2.45, 2.75) is 39.7 Å². The number of aliphatic carboxylic acids is 1. The van der Waals surface area contributed by atoms with E-state index in [0.717, 1.165) is 32.6 Å². The molecule has 2 N–H and O–H groups in total. The van der Waals surface area contributed by atoms with Crippen LogP contribution < -0.4 is 5.32 Å². The number of hydrogen-bond donors (Lipinski definition) is 2. The summed E-state index contributed by atoms with van der Waals surface area (Å²) in [4.78, 5) is 13.3. The molecule has 0 saturated carbocycles. The van der Waals surface area contributed by atoms with Crippen molar-refractivity contribution in [1.82, 2.24) is 10.2 Å². The summed E-state index contributed by atoms with van der Waals surface area (Å²) in [7, 11) is 0. The number of benzene rings is 1. The first kappa shape index (κ1) is 17.7. The summed E-state index contributed by atoms with van der Waals surface area (Å²) in [5.41, 5.74) is 2.41. The van der Waals surface area contributed by atoms with Gasteiger partial charge >= 0.3 is 5.97 Å². The van der Waals surface area contributed by atoms with E-state index >= 15 is 0 Å². The molecule has 4 nitrogen and oxygen atoms in total. The lowest BCUT2D eigenvalue weighted by atomic mass is 10.0. The number of aryl methyl sites for hydroxylation is 1. The Kier molecular flexibility index (Phi) is 8.01. The Morgan fingerprint density at radius 3 is 2.38 bits per heavy atom. The van der Waals surface area contributed by atoms with Crippen LogP contribution in [0, 0.1) is 6.92 Å². The van der Waals surface area contributed by atoms with Crippen LogP contribution in [-0.2, 0) is 11.2 Å². The van der Waals surface area contributed by atoms with Gasteiger partial charge in [-0.1, -0.05) is 43.7 Å². The maximum Gasteiger partial charge on any atom is 0.304 e. The lowest BCUT2D eigenvalue weighted by Crippen LogP contribution is -2.39. The summed E-state index contributed by atoms with van der Waals surface area (Å²) in [5.74, 6) is -0.748. The van der Waals surface area contributed by atoms with Gasteiger partial charge in [-0.15, -0.1) is 0 Å². The number of nitrogens with zero attached hydrogens (tertiary/aromatic N) is 1. The third-order valence-electron chi connectivity index (χ3n) is 3.78.